The Morgan fingerprint density at radius 2 is 1.89 bits per heavy atom. The molecule has 0 aliphatic heterocycles. The number of rotatable bonds is 7. The Kier molecular flexibility index (Phi) is 6.90. The molecule has 0 bridgehead atoms. The van der Waals surface area contributed by atoms with Crippen molar-refractivity contribution >= 4 is 12.0 Å². The van der Waals surface area contributed by atoms with E-state index in [0.717, 1.165) is 18.4 Å². The molecule has 0 aliphatic carbocycles. The molecule has 0 aliphatic rings. The predicted molar refractivity (Wildman–Crippen MR) is 78.8 cm³/mol. The summed E-state index contributed by atoms with van der Waals surface area (Å²) in [4.78, 5) is 13.6. The van der Waals surface area contributed by atoms with Gasteiger partial charge in [0.25, 0.3) is 0 Å². The molecule has 0 fully saturated rings. The summed E-state index contributed by atoms with van der Waals surface area (Å²) in [6.07, 6.45) is 5.31. The SMILES string of the molecule is CCCN(CCO)C(=O)C=Cc1ccc(CC)cc1. The number of amides is 1. The highest BCUT2D eigenvalue weighted by atomic mass is 16.3. The molecule has 1 N–H and O–H groups in total. The second kappa shape index (κ2) is 8.48. The molecule has 0 unspecified atom stereocenters. The summed E-state index contributed by atoms with van der Waals surface area (Å²) < 4.78 is 0. The molecule has 1 rings (SSSR count). The van der Waals surface area contributed by atoms with Gasteiger partial charge in [0, 0.05) is 19.2 Å². The van der Waals surface area contributed by atoms with E-state index in [-0.39, 0.29) is 12.5 Å². The minimum atomic E-state index is -0.0459. The van der Waals surface area contributed by atoms with Crippen LogP contribution in [0.25, 0.3) is 6.08 Å². The summed E-state index contributed by atoms with van der Waals surface area (Å²) in [5, 5.41) is 8.94. The lowest BCUT2D eigenvalue weighted by molar-refractivity contribution is -0.126. The van der Waals surface area contributed by atoms with Gasteiger partial charge in [-0.15, -0.1) is 0 Å². The zero-order valence-electron chi connectivity index (χ0n) is 11.8. The largest absolute Gasteiger partial charge is 0.395 e. The third kappa shape index (κ3) is 5.26. The van der Waals surface area contributed by atoms with Crippen molar-refractivity contribution in [3.05, 3.63) is 41.5 Å². The zero-order chi connectivity index (χ0) is 14.1. The molecule has 1 amide bonds. The van der Waals surface area contributed by atoms with Gasteiger partial charge in [-0.25, -0.2) is 0 Å². The van der Waals surface area contributed by atoms with Gasteiger partial charge in [0.2, 0.25) is 5.91 Å². The predicted octanol–water partition coefficient (Wildman–Crippen LogP) is 2.49. The van der Waals surface area contributed by atoms with Crippen LogP contribution in [0.4, 0.5) is 0 Å². The molecule has 19 heavy (non-hydrogen) atoms. The van der Waals surface area contributed by atoms with Crippen LogP contribution in [0.2, 0.25) is 0 Å². The standard InChI is InChI=1S/C16H23NO2/c1-3-11-17(12-13-18)16(19)10-9-15-7-5-14(4-2)6-8-15/h5-10,18H,3-4,11-13H2,1-2H3. The summed E-state index contributed by atoms with van der Waals surface area (Å²) in [5.74, 6) is -0.0459. The lowest BCUT2D eigenvalue weighted by Crippen LogP contribution is -2.32. The summed E-state index contributed by atoms with van der Waals surface area (Å²) in [7, 11) is 0. The topological polar surface area (TPSA) is 40.5 Å². The molecule has 0 radical (unpaired) electrons. The van der Waals surface area contributed by atoms with Crippen molar-refractivity contribution < 1.29 is 9.90 Å². The van der Waals surface area contributed by atoms with Crippen LogP contribution in [-0.4, -0.2) is 35.6 Å². The molecule has 1 aromatic rings. The fourth-order valence-corrected chi connectivity index (χ4v) is 1.86. The summed E-state index contributed by atoms with van der Waals surface area (Å²) in [6, 6.07) is 8.17. The first kappa shape index (κ1) is 15.4. The van der Waals surface area contributed by atoms with Gasteiger partial charge in [-0.05, 0) is 30.0 Å². The molecule has 1 aromatic carbocycles. The van der Waals surface area contributed by atoms with E-state index in [2.05, 4.69) is 19.1 Å². The van der Waals surface area contributed by atoms with Crippen molar-refractivity contribution in [2.45, 2.75) is 26.7 Å². The van der Waals surface area contributed by atoms with Crippen molar-refractivity contribution in [1.82, 2.24) is 4.90 Å². The van der Waals surface area contributed by atoms with Gasteiger partial charge in [-0.2, -0.15) is 0 Å². The van der Waals surface area contributed by atoms with Gasteiger partial charge >= 0.3 is 0 Å². The first-order chi connectivity index (χ1) is 9.21. The van der Waals surface area contributed by atoms with E-state index in [0.29, 0.717) is 13.1 Å². The summed E-state index contributed by atoms with van der Waals surface area (Å²) in [5.41, 5.74) is 2.31. The average molecular weight is 261 g/mol. The second-order valence-electron chi connectivity index (χ2n) is 4.48. The Hall–Kier alpha value is -1.61. The summed E-state index contributed by atoms with van der Waals surface area (Å²) in [6.45, 7) is 5.21. The monoisotopic (exact) mass is 261 g/mol. The molecule has 3 nitrogen and oxygen atoms in total. The van der Waals surface area contributed by atoms with Crippen molar-refractivity contribution in [2.24, 2.45) is 0 Å². The van der Waals surface area contributed by atoms with Gasteiger partial charge in [-0.1, -0.05) is 38.1 Å². The highest BCUT2D eigenvalue weighted by molar-refractivity contribution is 5.91. The molecular weight excluding hydrogens is 238 g/mol. The van der Waals surface area contributed by atoms with Gasteiger partial charge in [0.15, 0.2) is 0 Å². The van der Waals surface area contributed by atoms with E-state index < -0.39 is 0 Å². The molecule has 0 heterocycles. The van der Waals surface area contributed by atoms with Gasteiger partial charge in [0.1, 0.15) is 0 Å². The lowest BCUT2D eigenvalue weighted by atomic mass is 10.1. The number of aliphatic hydroxyl groups is 1. The number of benzene rings is 1. The number of nitrogens with zero attached hydrogens (tertiary/aromatic N) is 1. The molecular formula is C16H23NO2. The van der Waals surface area contributed by atoms with Crippen molar-refractivity contribution in [2.75, 3.05) is 19.7 Å². The number of carbonyl (C=O) groups excluding carboxylic acids is 1. The number of aryl methyl sites for hydroxylation is 1. The first-order valence-corrected chi connectivity index (χ1v) is 6.88. The van der Waals surface area contributed by atoms with Gasteiger partial charge < -0.3 is 10.0 Å². The van der Waals surface area contributed by atoms with Crippen LogP contribution >= 0.6 is 0 Å². The summed E-state index contributed by atoms with van der Waals surface area (Å²) >= 11 is 0. The molecule has 0 saturated heterocycles. The molecule has 0 spiro atoms. The maximum absolute atomic E-state index is 11.9. The Bertz CT molecular complexity index is 403. The van der Waals surface area contributed by atoms with Crippen LogP contribution in [0.1, 0.15) is 31.4 Å². The minimum Gasteiger partial charge on any atom is -0.395 e. The van der Waals surface area contributed by atoms with E-state index in [9.17, 15) is 4.79 Å². The van der Waals surface area contributed by atoms with Crippen LogP contribution < -0.4 is 0 Å². The third-order valence-electron chi connectivity index (χ3n) is 2.98. The Labute approximate surface area is 115 Å². The Morgan fingerprint density at radius 1 is 1.21 bits per heavy atom. The number of aliphatic hydroxyl groups excluding tert-OH is 1. The number of hydrogen-bond acceptors (Lipinski definition) is 2. The lowest BCUT2D eigenvalue weighted by Gasteiger charge is -2.18. The Balaban J connectivity index is 2.64. The highest BCUT2D eigenvalue weighted by Crippen LogP contribution is 2.07. The molecule has 0 saturated carbocycles. The fourth-order valence-electron chi connectivity index (χ4n) is 1.86. The van der Waals surface area contributed by atoms with E-state index in [1.807, 2.05) is 25.1 Å². The Morgan fingerprint density at radius 3 is 2.42 bits per heavy atom. The maximum Gasteiger partial charge on any atom is 0.246 e. The maximum atomic E-state index is 11.9. The molecule has 0 atom stereocenters. The van der Waals surface area contributed by atoms with E-state index in [1.165, 1.54) is 5.56 Å². The molecule has 3 heteroatoms. The molecule has 0 aromatic heterocycles. The average Bonchev–Trinajstić information content (AvgIpc) is 2.45. The third-order valence-corrected chi connectivity index (χ3v) is 2.98. The second-order valence-corrected chi connectivity index (χ2v) is 4.48. The number of carbonyl (C=O) groups is 1. The zero-order valence-corrected chi connectivity index (χ0v) is 11.8. The van der Waals surface area contributed by atoms with E-state index >= 15 is 0 Å². The molecule has 104 valence electrons. The van der Waals surface area contributed by atoms with E-state index in [4.69, 9.17) is 5.11 Å². The highest BCUT2D eigenvalue weighted by Gasteiger charge is 2.07. The number of hydrogen-bond donors (Lipinski definition) is 1. The fraction of sp³-hybridized carbons (Fsp3) is 0.438. The van der Waals surface area contributed by atoms with Crippen LogP contribution in [0, 0.1) is 0 Å². The van der Waals surface area contributed by atoms with Crippen LogP contribution in [-0.2, 0) is 11.2 Å². The van der Waals surface area contributed by atoms with Crippen molar-refractivity contribution in [3.63, 3.8) is 0 Å². The van der Waals surface area contributed by atoms with Crippen LogP contribution in [0.5, 0.6) is 0 Å². The quantitative estimate of drug-likeness (QED) is 0.766. The van der Waals surface area contributed by atoms with Crippen LogP contribution in [0.3, 0.4) is 0 Å². The van der Waals surface area contributed by atoms with Crippen molar-refractivity contribution in [1.29, 1.82) is 0 Å². The van der Waals surface area contributed by atoms with E-state index in [1.54, 1.807) is 11.0 Å². The minimum absolute atomic E-state index is 0.00474. The van der Waals surface area contributed by atoms with Crippen molar-refractivity contribution in [3.8, 4) is 0 Å². The van der Waals surface area contributed by atoms with Gasteiger partial charge in [0.05, 0.1) is 6.61 Å². The smallest absolute Gasteiger partial charge is 0.246 e. The van der Waals surface area contributed by atoms with Crippen LogP contribution in [0.15, 0.2) is 30.3 Å². The normalized spacial score (nSPS) is 10.9. The first-order valence-electron chi connectivity index (χ1n) is 6.88. The van der Waals surface area contributed by atoms with Gasteiger partial charge in [-0.3, -0.25) is 4.79 Å².